The Bertz CT molecular complexity index is 202. The van der Waals surface area contributed by atoms with Gasteiger partial charge in [0.05, 0.1) is 12.9 Å². The molecule has 1 rings (SSSR count). The second-order valence-electron chi connectivity index (χ2n) is 3.44. The third-order valence-electron chi connectivity index (χ3n) is 2.57. The highest BCUT2D eigenvalue weighted by Crippen LogP contribution is 2.30. The molecule has 0 aromatic rings. The van der Waals surface area contributed by atoms with Crippen LogP contribution in [0, 0.1) is 5.92 Å². The largest absolute Gasteiger partial charge is 0.501 e. The van der Waals surface area contributed by atoms with Crippen LogP contribution in [0.15, 0.2) is 11.8 Å². The van der Waals surface area contributed by atoms with Crippen LogP contribution < -0.4 is 0 Å². The molecule has 0 aromatic carbocycles. The Labute approximate surface area is 80.0 Å². The van der Waals surface area contributed by atoms with Crippen molar-refractivity contribution in [3.63, 3.8) is 0 Å². The lowest BCUT2D eigenvalue weighted by Gasteiger charge is -2.24. The summed E-state index contributed by atoms with van der Waals surface area (Å²) in [5.74, 6) is 0.605. The second-order valence-corrected chi connectivity index (χ2v) is 3.44. The van der Waals surface area contributed by atoms with Gasteiger partial charge in [-0.15, -0.1) is 0 Å². The first kappa shape index (κ1) is 10.3. The van der Waals surface area contributed by atoms with Crippen LogP contribution >= 0.6 is 0 Å². The van der Waals surface area contributed by atoms with Crippen molar-refractivity contribution in [3.05, 3.63) is 11.8 Å². The molecule has 1 aliphatic carbocycles. The molecule has 1 aliphatic rings. The molecule has 13 heavy (non-hydrogen) atoms. The van der Waals surface area contributed by atoms with Gasteiger partial charge in [0.25, 0.3) is 0 Å². The highest BCUT2D eigenvalue weighted by molar-refractivity contribution is 5.97. The minimum absolute atomic E-state index is 0.298. The molecule has 0 aromatic heterocycles. The third kappa shape index (κ3) is 2.58. The van der Waals surface area contributed by atoms with E-state index < -0.39 is 0 Å². The summed E-state index contributed by atoms with van der Waals surface area (Å²) in [6, 6.07) is 0. The van der Waals surface area contributed by atoms with Crippen molar-refractivity contribution in [2.45, 2.75) is 39.5 Å². The zero-order chi connectivity index (χ0) is 9.68. The average Bonchev–Trinajstić information content (AvgIpc) is 2.02. The van der Waals surface area contributed by atoms with Gasteiger partial charge < -0.3 is 4.74 Å². The van der Waals surface area contributed by atoms with Gasteiger partial charge >= 0.3 is 0 Å². The molecule has 0 unspecified atom stereocenters. The van der Waals surface area contributed by atoms with Gasteiger partial charge in [-0.2, -0.15) is 0 Å². The fourth-order valence-electron chi connectivity index (χ4n) is 1.43. The molecule has 0 spiro atoms. The Morgan fingerprint density at radius 1 is 1.46 bits per heavy atom. The molecular formula is C11H18O2. The highest BCUT2D eigenvalue weighted by Gasteiger charge is 2.26. The molecule has 2 nitrogen and oxygen atoms in total. The smallest absolute Gasteiger partial charge is 0.164 e. The number of carbonyl (C=O) groups is 1. The van der Waals surface area contributed by atoms with Crippen LogP contribution in [0.4, 0.5) is 0 Å². The van der Waals surface area contributed by atoms with E-state index in [-0.39, 0.29) is 0 Å². The summed E-state index contributed by atoms with van der Waals surface area (Å²) < 4.78 is 5.14. The van der Waals surface area contributed by atoms with Crippen molar-refractivity contribution in [2.24, 2.45) is 5.92 Å². The van der Waals surface area contributed by atoms with E-state index >= 15 is 0 Å². The molecular weight excluding hydrogens is 164 g/mol. The van der Waals surface area contributed by atoms with Crippen LogP contribution in [0.5, 0.6) is 0 Å². The van der Waals surface area contributed by atoms with Gasteiger partial charge in [-0.05, 0) is 26.2 Å². The Morgan fingerprint density at radius 2 is 2.15 bits per heavy atom. The van der Waals surface area contributed by atoms with E-state index in [0.29, 0.717) is 18.3 Å². The first-order valence-corrected chi connectivity index (χ1v) is 5.14. The number of ketones is 1. The zero-order valence-electron chi connectivity index (χ0n) is 8.51. The third-order valence-corrected chi connectivity index (χ3v) is 2.57. The van der Waals surface area contributed by atoms with Gasteiger partial charge in [-0.3, -0.25) is 4.79 Å². The molecule has 0 N–H and O–H groups in total. The van der Waals surface area contributed by atoms with Crippen molar-refractivity contribution in [1.29, 1.82) is 0 Å². The maximum atomic E-state index is 11.7. The fraction of sp³-hybridized carbons (Fsp3) is 0.727. The maximum absolute atomic E-state index is 11.7. The first-order valence-electron chi connectivity index (χ1n) is 5.14. The standard InChI is InChI=1S/C11H18O2/c1-3-9(8-13-4-2)11(12)10-6-5-7-10/h8,10H,3-7H2,1-2H3/b9-8+. The van der Waals surface area contributed by atoms with Gasteiger partial charge in [0.2, 0.25) is 0 Å². The molecule has 0 bridgehead atoms. The number of hydrogen-bond acceptors (Lipinski definition) is 2. The van der Waals surface area contributed by atoms with Crippen molar-refractivity contribution < 1.29 is 9.53 Å². The number of Topliss-reactive ketones (excluding diaryl/α,β-unsaturated/α-hetero) is 1. The van der Waals surface area contributed by atoms with Crippen LogP contribution in [-0.2, 0) is 9.53 Å². The SMILES string of the molecule is CCO/C=C(\CC)C(=O)C1CCC1. The lowest BCUT2D eigenvalue weighted by molar-refractivity contribution is -0.121. The summed E-state index contributed by atoms with van der Waals surface area (Å²) in [5.41, 5.74) is 0.853. The summed E-state index contributed by atoms with van der Waals surface area (Å²) in [6.07, 6.45) is 5.78. The van der Waals surface area contributed by atoms with Gasteiger partial charge in [-0.25, -0.2) is 0 Å². The molecule has 1 saturated carbocycles. The number of ether oxygens (including phenoxy) is 1. The van der Waals surface area contributed by atoms with E-state index in [1.807, 2.05) is 13.8 Å². The van der Waals surface area contributed by atoms with Crippen LogP contribution in [0.2, 0.25) is 0 Å². The van der Waals surface area contributed by atoms with E-state index in [0.717, 1.165) is 24.8 Å². The maximum Gasteiger partial charge on any atom is 0.164 e. The van der Waals surface area contributed by atoms with Gasteiger partial charge in [0.1, 0.15) is 0 Å². The Kier molecular flexibility index (Phi) is 4.00. The summed E-state index contributed by atoms with van der Waals surface area (Å²) in [5, 5.41) is 0. The van der Waals surface area contributed by atoms with Gasteiger partial charge in [0.15, 0.2) is 5.78 Å². The summed E-state index contributed by atoms with van der Waals surface area (Å²) in [7, 11) is 0. The first-order chi connectivity index (χ1) is 6.29. The molecule has 0 amide bonds. The number of hydrogen-bond donors (Lipinski definition) is 0. The Hall–Kier alpha value is -0.790. The molecule has 1 fully saturated rings. The lowest BCUT2D eigenvalue weighted by Crippen LogP contribution is -2.23. The van der Waals surface area contributed by atoms with E-state index in [4.69, 9.17) is 4.74 Å². The topological polar surface area (TPSA) is 26.3 Å². The van der Waals surface area contributed by atoms with Crippen LogP contribution in [-0.4, -0.2) is 12.4 Å². The number of carbonyl (C=O) groups excluding carboxylic acids is 1. The quantitative estimate of drug-likeness (QED) is 0.482. The molecule has 0 heterocycles. The molecule has 0 aliphatic heterocycles. The van der Waals surface area contributed by atoms with E-state index in [1.54, 1.807) is 6.26 Å². The predicted molar refractivity (Wildman–Crippen MR) is 52.3 cm³/mol. The van der Waals surface area contributed by atoms with Gasteiger partial charge in [0, 0.05) is 11.5 Å². The predicted octanol–water partition coefficient (Wildman–Crippen LogP) is 2.69. The monoisotopic (exact) mass is 182 g/mol. The second kappa shape index (κ2) is 5.05. The average molecular weight is 182 g/mol. The molecule has 0 radical (unpaired) electrons. The summed E-state index contributed by atoms with van der Waals surface area (Å²) in [4.78, 5) is 11.7. The molecule has 0 atom stereocenters. The Balaban J connectivity index is 2.48. The van der Waals surface area contributed by atoms with Crippen LogP contribution in [0.3, 0.4) is 0 Å². The van der Waals surface area contributed by atoms with E-state index in [2.05, 4.69) is 0 Å². The lowest BCUT2D eigenvalue weighted by atomic mass is 9.79. The molecule has 74 valence electrons. The highest BCUT2D eigenvalue weighted by atomic mass is 16.5. The van der Waals surface area contributed by atoms with Crippen molar-refractivity contribution in [1.82, 2.24) is 0 Å². The van der Waals surface area contributed by atoms with E-state index in [9.17, 15) is 4.79 Å². The van der Waals surface area contributed by atoms with E-state index in [1.165, 1.54) is 6.42 Å². The Morgan fingerprint density at radius 3 is 2.54 bits per heavy atom. The van der Waals surface area contributed by atoms with Crippen LogP contribution in [0.25, 0.3) is 0 Å². The van der Waals surface area contributed by atoms with Crippen molar-refractivity contribution in [2.75, 3.05) is 6.61 Å². The zero-order valence-corrected chi connectivity index (χ0v) is 8.51. The fourth-order valence-corrected chi connectivity index (χ4v) is 1.43. The van der Waals surface area contributed by atoms with Crippen molar-refractivity contribution >= 4 is 5.78 Å². The summed E-state index contributed by atoms with van der Waals surface area (Å²) >= 11 is 0. The number of rotatable bonds is 5. The minimum Gasteiger partial charge on any atom is -0.501 e. The van der Waals surface area contributed by atoms with Crippen molar-refractivity contribution in [3.8, 4) is 0 Å². The van der Waals surface area contributed by atoms with Gasteiger partial charge in [-0.1, -0.05) is 13.3 Å². The molecule has 2 heteroatoms. The molecule has 0 saturated heterocycles. The van der Waals surface area contributed by atoms with Crippen LogP contribution in [0.1, 0.15) is 39.5 Å². The summed E-state index contributed by atoms with van der Waals surface area (Å²) in [6.45, 7) is 4.57. The number of allylic oxidation sites excluding steroid dienone is 1. The minimum atomic E-state index is 0.298. The normalized spacial score (nSPS) is 18.2.